The predicted octanol–water partition coefficient (Wildman–Crippen LogP) is 1.31. The lowest BCUT2D eigenvalue weighted by atomic mass is 9.93. The van der Waals surface area contributed by atoms with Gasteiger partial charge in [-0.2, -0.15) is 0 Å². The molecule has 0 spiro atoms. The first-order valence-corrected chi connectivity index (χ1v) is 11.1. The lowest BCUT2D eigenvalue weighted by Crippen LogP contribution is -2.42. The van der Waals surface area contributed by atoms with Crippen LogP contribution in [-0.2, 0) is 27.3 Å². The maximum absolute atomic E-state index is 13.2. The topological polar surface area (TPSA) is 100 Å². The number of ether oxygens (including phenoxy) is 1. The van der Waals surface area contributed by atoms with Crippen LogP contribution in [0.25, 0.3) is 5.65 Å². The van der Waals surface area contributed by atoms with E-state index in [1.54, 1.807) is 4.90 Å². The van der Waals surface area contributed by atoms with Crippen LogP contribution in [0.2, 0.25) is 0 Å². The smallest absolute Gasteiger partial charge is 0.277 e. The zero-order valence-electron chi connectivity index (χ0n) is 18.5. The average Bonchev–Trinajstić information content (AvgIpc) is 3.22. The van der Waals surface area contributed by atoms with Crippen LogP contribution >= 0.6 is 0 Å². The Morgan fingerprint density at radius 3 is 2.87 bits per heavy atom. The van der Waals surface area contributed by atoms with Crippen LogP contribution in [0.5, 0.6) is 0 Å². The third kappa shape index (κ3) is 4.11. The van der Waals surface area contributed by atoms with E-state index < -0.39 is 0 Å². The summed E-state index contributed by atoms with van der Waals surface area (Å²) in [4.78, 5) is 46.3. The van der Waals surface area contributed by atoms with Gasteiger partial charge in [-0.1, -0.05) is 13.8 Å². The number of nitrogens with zero attached hydrogens (tertiary/aromatic N) is 4. The maximum Gasteiger partial charge on any atom is 0.277 e. The van der Waals surface area contributed by atoms with Crippen molar-refractivity contribution in [2.24, 2.45) is 5.92 Å². The Morgan fingerprint density at radius 1 is 1.32 bits per heavy atom. The molecule has 0 radical (unpaired) electrons. The van der Waals surface area contributed by atoms with Crippen molar-refractivity contribution in [1.29, 1.82) is 0 Å². The van der Waals surface area contributed by atoms with Gasteiger partial charge in [0.1, 0.15) is 6.61 Å². The Kier molecular flexibility index (Phi) is 6.13. The summed E-state index contributed by atoms with van der Waals surface area (Å²) in [6, 6.07) is 1.94. The molecule has 9 heteroatoms. The number of likely N-dealkylation sites (tertiary alicyclic amines) is 1. The average molecular weight is 430 g/mol. The summed E-state index contributed by atoms with van der Waals surface area (Å²) in [6.07, 6.45) is 3.29. The highest BCUT2D eigenvalue weighted by Gasteiger charge is 2.29. The first-order valence-electron chi connectivity index (χ1n) is 11.1. The SMILES string of the molecule is CC[C@@H](C)C(=O)N1CCC[C@H](c2cc3nc4c(c(=O)n3[nH]2)CN(C(=O)COC)CC4)C1. The fourth-order valence-electron chi connectivity index (χ4n) is 4.55. The van der Waals surface area contributed by atoms with E-state index in [0.29, 0.717) is 30.7 Å². The predicted molar refractivity (Wildman–Crippen MR) is 115 cm³/mol. The summed E-state index contributed by atoms with van der Waals surface area (Å²) >= 11 is 0. The number of amides is 2. The molecule has 0 aromatic carbocycles. The number of hydrogen-bond donors (Lipinski definition) is 1. The minimum Gasteiger partial charge on any atom is -0.375 e. The van der Waals surface area contributed by atoms with Crippen LogP contribution in [0.1, 0.15) is 56.0 Å². The number of hydrogen-bond acceptors (Lipinski definition) is 5. The molecule has 1 saturated heterocycles. The Balaban J connectivity index is 1.59. The molecule has 0 unspecified atom stereocenters. The van der Waals surface area contributed by atoms with Gasteiger partial charge in [0, 0.05) is 56.8 Å². The minimum atomic E-state index is -0.162. The number of piperidine rings is 1. The number of H-pyrrole nitrogens is 1. The molecule has 2 atom stereocenters. The normalized spacial score (nSPS) is 20.0. The van der Waals surface area contributed by atoms with E-state index in [1.165, 1.54) is 11.6 Å². The summed E-state index contributed by atoms with van der Waals surface area (Å²) in [6.45, 7) is 6.24. The summed E-state index contributed by atoms with van der Waals surface area (Å²) in [5.41, 5.74) is 2.68. The van der Waals surface area contributed by atoms with Crippen LogP contribution in [0.3, 0.4) is 0 Å². The second kappa shape index (κ2) is 8.82. The van der Waals surface area contributed by atoms with E-state index in [9.17, 15) is 14.4 Å². The molecular weight excluding hydrogens is 398 g/mol. The zero-order valence-corrected chi connectivity index (χ0v) is 18.5. The van der Waals surface area contributed by atoms with Crippen LogP contribution in [0, 0.1) is 5.92 Å². The van der Waals surface area contributed by atoms with Crippen LogP contribution in [0.4, 0.5) is 0 Å². The number of fused-ring (bicyclic) bond motifs is 2. The Labute approximate surface area is 181 Å². The summed E-state index contributed by atoms with van der Waals surface area (Å²) in [7, 11) is 1.49. The molecule has 4 heterocycles. The molecule has 1 N–H and O–H groups in total. The van der Waals surface area contributed by atoms with Crippen molar-refractivity contribution in [3.05, 3.63) is 33.4 Å². The lowest BCUT2D eigenvalue weighted by molar-refractivity contribution is -0.137. The standard InChI is InChI=1S/C22H31N5O4/c1-4-14(2)21(29)26-8-5-6-15(11-26)18-10-19-23-17-7-9-25(20(28)13-31-3)12-16(17)22(30)27(19)24-18/h10,14-15,24H,4-9,11-13H2,1-3H3/t14-,15+/m1/s1. The van der Waals surface area contributed by atoms with E-state index in [-0.39, 0.29) is 42.4 Å². The molecule has 2 aliphatic heterocycles. The molecule has 2 aromatic heterocycles. The van der Waals surface area contributed by atoms with Gasteiger partial charge >= 0.3 is 0 Å². The van der Waals surface area contributed by atoms with E-state index in [2.05, 4.69) is 5.10 Å². The highest BCUT2D eigenvalue weighted by atomic mass is 16.5. The second-order valence-electron chi connectivity index (χ2n) is 8.68. The van der Waals surface area contributed by atoms with Gasteiger partial charge in [0.2, 0.25) is 11.8 Å². The van der Waals surface area contributed by atoms with Crippen molar-refractivity contribution >= 4 is 17.5 Å². The second-order valence-corrected chi connectivity index (χ2v) is 8.68. The summed E-state index contributed by atoms with van der Waals surface area (Å²) in [5.74, 6) is 0.258. The molecule has 2 amide bonds. The fourth-order valence-corrected chi connectivity index (χ4v) is 4.55. The van der Waals surface area contributed by atoms with Gasteiger partial charge in [0.25, 0.3) is 5.56 Å². The molecule has 4 rings (SSSR count). The molecule has 1 fully saturated rings. The minimum absolute atomic E-state index is 0.00649. The lowest BCUT2D eigenvalue weighted by Gasteiger charge is -2.33. The number of methoxy groups -OCH3 is 1. The quantitative estimate of drug-likeness (QED) is 0.772. The van der Waals surface area contributed by atoms with Crippen molar-refractivity contribution in [3.8, 4) is 0 Å². The van der Waals surface area contributed by atoms with E-state index >= 15 is 0 Å². The molecule has 0 saturated carbocycles. The molecule has 0 aliphatic carbocycles. The molecule has 2 aliphatic rings. The van der Waals surface area contributed by atoms with Gasteiger partial charge in [-0.25, -0.2) is 9.50 Å². The Hall–Kier alpha value is -2.68. The highest BCUT2D eigenvalue weighted by Crippen LogP contribution is 2.28. The number of nitrogens with one attached hydrogen (secondary N) is 1. The van der Waals surface area contributed by atoms with Crippen molar-refractivity contribution in [2.45, 2.75) is 52.0 Å². The zero-order chi connectivity index (χ0) is 22.1. The Morgan fingerprint density at radius 2 is 2.13 bits per heavy atom. The third-order valence-corrected chi connectivity index (χ3v) is 6.61. The molecule has 2 aromatic rings. The van der Waals surface area contributed by atoms with E-state index in [4.69, 9.17) is 9.72 Å². The number of aromatic nitrogens is 3. The van der Waals surface area contributed by atoms with Crippen LogP contribution in [0.15, 0.2) is 10.9 Å². The number of carbonyl (C=O) groups excluding carboxylic acids is 2. The van der Waals surface area contributed by atoms with Crippen LogP contribution in [-0.4, -0.2) is 69.6 Å². The first kappa shape index (κ1) is 21.5. The van der Waals surface area contributed by atoms with Crippen molar-refractivity contribution < 1.29 is 14.3 Å². The summed E-state index contributed by atoms with van der Waals surface area (Å²) in [5, 5.41) is 3.23. The van der Waals surface area contributed by atoms with Gasteiger partial charge in [-0.15, -0.1) is 0 Å². The van der Waals surface area contributed by atoms with Crippen LogP contribution < -0.4 is 5.56 Å². The van der Waals surface area contributed by atoms with E-state index in [1.807, 2.05) is 24.8 Å². The first-order chi connectivity index (χ1) is 14.9. The number of carbonyl (C=O) groups is 2. The molecule has 0 bridgehead atoms. The molecule has 9 nitrogen and oxygen atoms in total. The number of aromatic amines is 1. The largest absolute Gasteiger partial charge is 0.375 e. The number of rotatable bonds is 5. The van der Waals surface area contributed by atoms with Crippen molar-refractivity contribution in [3.63, 3.8) is 0 Å². The van der Waals surface area contributed by atoms with Crippen molar-refractivity contribution in [2.75, 3.05) is 33.4 Å². The monoisotopic (exact) mass is 429 g/mol. The Bertz CT molecular complexity index is 1040. The fraction of sp³-hybridized carbons (Fsp3) is 0.636. The molecule has 168 valence electrons. The van der Waals surface area contributed by atoms with Gasteiger partial charge in [0.05, 0.1) is 17.8 Å². The van der Waals surface area contributed by atoms with Gasteiger partial charge in [-0.3, -0.25) is 19.5 Å². The molecule has 31 heavy (non-hydrogen) atoms. The van der Waals surface area contributed by atoms with E-state index in [0.717, 1.165) is 37.2 Å². The van der Waals surface area contributed by atoms with Gasteiger partial charge < -0.3 is 14.5 Å². The van der Waals surface area contributed by atoms with Gasteiger partial charge in [0.15, 0.2) is 5.65 Å². The van der Waals surface area contributed by atoms with Gasteiger partial charge in [-0.05, 0) is 19.3 Å². The molecular formula is C22H31N5O4. The highest BCUT2D eigenvalue weighted by molar-refractivity contribution is 5.78. The summed E-state index contributed by atoms with van der Waals surface area (Å²) < 4.78 is 6.42. The maximum atomic E-state index is 13.2. The van der Waals surface area contributed by atoms with Crippen molar-refractivity contribution in [1.82, 2.24) is 24.4 Å². The third-order valence-electron chi connectivity index (χ3n) is 6.61.